The summed E-state index contributed by atoms with van der Waals surface area (Å²) in [5.74, 6) is 0.0186. The van der Waals surface area contributed by atoms with E-state index in [1.54, 1.807) is 0 Å². The molecule has 4 rings (SSSR count). The molecule has 0 spiro atoms. The van der Waals surface area contributed by atoms with Crippen LogP contribution in [-0.2, 0) is 4.74 Å². The van der Waals surface area contributed by atoms with Crippen molar-refractivity contribution in [2.45, 2.75) is 83.7 Å². The lowest BCUT2D eigenvalue weighted by Crippen LogP contribution is -2.55. The van der Waals surface area contributed by atoms with Crippen molar-refractivity contribution in [3.8, 4) is 0 Å². The predicted octanol–water partition coefficient (Wildman–Crippen LogP) is 5.68. The van der Waals surface area contributed by atoms with Gasteiger partial charge in [0.1, 0.15) is 0 Å². The summed E-state index contributed by atoms with van der Waals surface area (Å²) in [6, 6.07) is 0. The second-order valence-corrected chi connectivity index (χ2v) is 9.56. The van der Waals surface area contributed by atoms with Crippen LogP contribution in [-0.4, -0.2) is 19.1 Å². The minimum absolute atomic E-state index is 0.117. The maximum absolute atomic E-state index is 13.9. The van der Waals surface area contributed by atoms with E-state index in [0.29, 0.717) is 17.4 Å². The molecular weight excluding hydrogens is 294 g/mol. The number of halogens is 2. The molecule has 7 atom stereocenters. The number of fused-ring (bicyclic) bond motifs is 5. The van der Waals surface area contributed by atoms with E-state index in [1.165, 1.54) is 32.1 Å². The molecule has 4 aliphatic rings. The van der Waals surface area contributed by atoms with Crippen molar-refractivity contribution < 1.29 is 13.5 Å². The molecule has 4 fully saturated rings. The predicted molar refractivity (Wildman–Crippen MR) is 87.5 cm³/mol. The molecule has 0 aromatic rings. The van der Waals surface area contributed by atoms with Crippen LogP contribution in [0.25, 0.3) is 0 Å². The molecule has 0 N–H and O–H groups in total. The molecule has 0 heterocycles. The zero-order chi connectivity index (χ0) is 16.5. The number of hydrogen-bond donors (Lipinski definition) is 0. The number of alkyl halides is 2. The third-order valence-electron chi connectivity index (χ3n) is 8.84. The second kappa shape index (κ2) is 5.16. The third-order valence-corrected chi connectivity index (χ3v) is 8.84. The summed E-state index contributed by atoms with van der Waals surface area (Å²) in [5, 5.41) is 0. The molecule has 0 saturated heterocycles. The van der Waals surface area contributed by atoms with Crippen LogP contribution in [0.5, 0.6) is 0 Å². The van der Waals surface area contributed by atoms with Gasteiger partial charge >= 0.3 is 0 Å². The fourth-order valence-corrected chi connectivity index (χ4v) is 7.51. The van der Waals surface area contributed by atoms with Crippen molar-refractivity contribution in [2.75, 3.05) is 7.11 Å². The Balaban J connectivity index is 1.60. The lowest BCUT2D eigenvalue weighted by atomic mass is 9.45. The number of ether oxygens (including phenoxy) is 1. The van der Waals surface area contributed by atoms with Gasteiger partial charge in [0, 0.05) is 20.0 Å². The van der Waals surface area contributed by atoms with Crippen LogP contribution < -0.4 is 0 Å². The van der Waals surface area contributed by atoms with Crippen molar-refractivity contribution in [3.63, 3.8) is 0 Å². The van der Waals surface area contributed by atoms with Gasteiger partial charge in [0.2, 0.25) is 5.92 Å². The van der Waals surface area contributed by atoms with Crippen molar-refractivity contribution >= 4 is 0 Å². The highest BCUT2D eigenvalue weighted by Crippen LogP contribution is 2.67. The summed E-state index contributed by atoms with van der Waals surface area (Å²) in [6.07, 6.45) is 8.56. The van der Waals surface area contributed by atoms with Crippen LogP contribution >= 0.6 is 0 Å². The lowest BCUT2D eigenvalue weighted by Gasteiger charge is -2.61. The van der Waals surface area contributed by atoms with E-state index in [-0.39, 0.29) is 24.2 Å². The third kappa shape index (κ3) is 2.24. The van der Waals surface area contributed by atoms with Crippen LogP contribution in [0, 0.1) is 34.5 Å². The summed E-state index contributed by atoms with van der Waals surface area (Å²) < 4.78 is 33.7. The summed E-state index contributed by atoms with van der Waals surface area (Å²) in [5.41, 5.74) is 0.495. The first-order valence-electron chi connectivity index (χ1n) is 9.71. The summed E-state index contributed by atoms with van der Waals surface area (Å²) in [6.45, 7) is 4.80. The Bertz CT molecular complexity index is 478. The van der Waals surface area contributed by atoms with E-state index < -0.39 is 5.92 Å². The molecule has 0 amide bonds. The van der Waals surface area contributed by atoms with Gasteiger partial charge < -0.3 is 4.74 Å². The summed E-state index contributed by atoms with van der Waals surface area (Å²) in [4.78, 5) is 0. The van der Waals surface area contributed by atoms with Gasteiger partial charge in [-0.2, -0.15) is 0 Å². The van der Waals surface area contributed by atoms with Gasteiger partial charge in [-0.3, -0.25) is 0 Å². The van der Waals surface area contributed by atoms with Gasteiger partial charge in [-0.15, -0.1) is 0 Å². The fraction of sp³-hybridized carbons (Fsp3) is 1.00. The Hall–Kier alpha value is -0.180. The van der Waals surface area contributed by atoms with Gasteiger partial charge in [0.05, 0.1) is 6.10 Å². The van der Waals surface area contributed by atoms with Crippen molar-refractivity contribution in [1.82, 2.24) is 0 Å². The number of hydrogen-bond acceptors (Lipinski definition) is 1. The Labute approximate surface area is 139 Å². The van der Waals surface area contributed by atoms with Crippen LogP contribution in [0.2, 0.25) is 0 Å². The molecule has 0 aromatic carbocycles. The van der Waals surface area contributed by atoms with E-state index in [0.717, 1.165) is 24.7 Å². The van der Waals surface area contributed by atoms with Gasteiger partial charge in [-0.1, -0.05) is 13.8 Å². The minimum Gasteiger partial charge on any atom is -0.381 e. The lowest BCUT2D eigenvalue weighted by molar-refractivity contribution is -0.168. The first kappa shape index (κ1) is 16.3. The topological polar surface area (TPSA) is 9.23 Å². The molecule has 1 nitrogen and oxygen atoms in total. The standard InChI is InChI=1S/C20H32F2O/c1-18-10-11-20(21,22)12-13(18)4-5-14-15-6-7-17(23-3)19(15,2)9-8-16(14)18/h13-17H,4-12H2,1-3H3/t13-,14?,15-,16-,17-,18-,19-/m0/s1. The first-order chi connectivity index (χ1) is 10.8. The molecule has 4 saturated carbocycles. The highest BCUT2D eigenvalue weighted by Gasteiger charge is 2.61. The van der Waals surface area contributed by atoms with E-state index in [2.05, 4.69) is 13.8 Å². The van der Waals surface area contributed by atoms with Gasteiger partial charge in [-0.25, -0.2) is 8.78 Å². The Morgan fingerprint density at radius 3 is 2.30 bits per heavy atom. The molecule has 1 unspecified atom stereocenters. The van der Waals surface area contributed by atoms with Crippen LogP contribution in [0.4, 0.5) is 8.78 Å². The molecule has 4 aliphatic carbocycles. The molecule has 0 aliphatic heterocycles. The quantitative estimate of drug-likeness (QED) is 0.602. The SMILES string of the molecule is CO[C@H]1CC[C@H]2C3CC[C@H]4CC(F)(F)CC[C@]4(C)[C@H]3CC[C@]12C. The largest absolute Gasteiger partial charge is 0.381 e. The Kier molecular flexibility index (Phi) is 3.66. The van der Waals surface area contributed by atoms with E-state index in [9.17, 15) is 8.78 Å². The fourth-order valence-electron chi connectivity index (χ4n) is 7.51. The van der Waals surface area contributed by atoms with Crippen molar-refractivity contribution in [3.05, 3.63) is 0 Å². The normalized spacial score (nSPS) is 54.9. The molecule has 0 bridgehead atoms. The zero-order valence-electron chi connectivity index (χ0n) is 14.9. The minimum atomic E-state index is -2.41. The van der Waals surface area contributed by atoms with E-state index in [4.69, 9.17) is 4.74 Å². The van der Waals surface area contributed by atoms with Crippen molar-refractivity contribution in [1.29, 1.82) is 0 Å². The van der Waals surface area contributed by atoms with Crippen LogP contribution in [0.3, 0.4) is 0 Å². The number of methoxy groups -OCH3 is 1. The first-order valence-corrected chi connectivity index (χ1v) is 9.71. The van der Waals surface area contributed by atoms with Crippen LogP contribution in [0.15, 0.2) is 0 Å². The monoisotopic (exact) mass is 326 g/mol. The van der Waals surface area contributed by atoms with Gasteiger partial charge in [-0.05, 0) is 79.4 Å². The van der Waals surface area contributed by atoms with E-state index in [1.807, 2.05) is 7.11 Å². The average Bonchev–Trinajstić information content (AvgIpc) is 2.84. The maximum Gasteiger partial charge on any atom is 0.248 e. The van der Waals surface area contributed by atoms with E-state index >= 15 is 0 Å². The average molecular weight is 326 g/mol. The second-order valence-electron chi connectivity index (χ2n) is 9.56. The summed E-state index contributed by atoms with van der Waals surface area (Å²) >= 11 is 0. The Morgan fingerprint density at radius 2 is 1.57 bits per heavy atom. The molecule has 3 heteroatoms. The smallest absolute Gasteiger partial charge is 0.248 e. The van der Waals surface area contributed by atoms with Crippen LogP contribution in [0.1, 0.15) is 71.6 Å². The van der Waals surface area contributed by atoms with Gasteiger partial charge in [0.15, 0.2) is 0 Å². The zero-order valence-corrected chi connectivity index (χ0v) is 14.9. The Morgan fingerprint density at radius 1 is 0.826 bits per heavy atom. The van der Waals surface area contributed by atoms with Crippen molar-refractivity contribution in [2.24, 2.45) is 34.5 Å². The highest BCUT2D eigenvalue weighted by atomic mass is 19.3. The molecule has 0 aromatic heterocycles. The maximum atomic E-state index is 13.9. The molecule has 23 heavy (non-hydrogen) atoms. The number of rotatable bonds is 1. The molecular formula is C20H32F2O. The molecule has 132 valence electrons. The molecule has 0 radical (unpaired) electrons. The highest BCUT2D eigenvalue weighted by molar-refractivity contribution is 5.10. The van der Waals surface area contributed by atoms with Gasteiger partial charge in [0.25, 0.3) is 0 Å². The summed E-state index contributed by atoms with van der Waals surface area (Å²) in [7, 11) is 1.87.